The second kappa shape index (κ2) is 7.56. The molecule has 0 aliphatic carbocycles. The Bertz CT molecular complexity index is 689. The van der Waals surface area contributed by atoms with Crippen molar-refractivity contribution in [2.24, 2.45) is 0 Å². The third-order valence-electron chi connectivity index (χ3n) is 3.40. The molecule has 8 heteroatoms. The maximum Gasteiger partial charge on any atom is 0.254 e. The number of amides is 1. The van der Waals surface area contributed by atoms with Crippen molar-refractivity contribution in [3.63, 3.8) is 0 Å². The second-order valence-electron chi connectivity index (χ2n) is 4.99. The van der Waals surface area contributed by atoms with E-state index in [9.17, 15) is 18.7 Å². The lowest BCUT2D eigenvalue weighted by Crippen LogP contribution is -2.41. The highest BCUT2D eigenvalue weighted by Crippen LogP contribution is 2.15. The van der Waals surface area contributed by atoms with E-state index in [1.54, 1.807) is 6.92 Å². The predicted molar refractivity (Wildman–Crippen MR) is 84.8 cm³/mol. The Hall–Kier alpha value is -1.93. The molecule has 2 unspecified atom stereocenters. The van der Waals surface area contributed by atoms with Crippen molar-refractivity contribution in [3.05, 3.63) is 47.8 Å². The van der Waals surface area contributed by atoms with Crippen LogP contribution < -0.4 is 5.32 Å². The molecule has 1 aromatic carbocycles. The number of nitrogens with one attached hydrogen (secondary N) is 1. The number of carbonyl (C=O) groups is 1. The summed E-state index contributed by atoms with van der Waals surface area (Å²) in [7, 11) is 0. The molecular formula is C15H17F2N3O2S. The molecule has 0 aliphatic rings. The Morgan fingerprint density at radius 1 is 1.48 bits per heavy atom. The van der Waals surface area contributed by atoms with Gasteiger partial charge < -0.3 is 10.4 Å². The van der Waals surface area contributed by atoms with Crippen LogP contribution in [0.25, 0.3) is 5.69 Å². The Morgan fingerprint density at radius 3 is 2.83 bits per heavy atom. The van der Waals surface area contributed by atoms with Crippen LogP contribution in [0, 0.1) is 11.6 Å². The molecular weight excluding hydrogens is 324 g/mol. The minimum atomic E-state index is -0.767. The number of rotatable bonds is 6. The molecule has 0 fully saturated rings. The maximum absolute atomic E-state index is 13.7. The average molecular weight is 341 g/mol. The maximum atomic E-state index is 13.7. The zero-order valence-corrected chi connectivity index (χ0v) is 13.5. The SMILES string of the molecule is CSC(CO)C(C)NC(=O)c1cnn(-c2ccc(F)cc2F)c1. The standard InChI is InChI=1S/C15H17F2N3O2S/c1-9(14(8-21)23-2)19-15(22)10-6-18-20(7-10)13-4-3-11(16)5-12(13)17/h3-7,9,14,21H,8H2,1-2H3,(H,19,22). The van der Waals surface area contributed by atoms with E-state index < -0.39 is 11.6 Å². The number of halogens is 2. The molecule has 2 rings (SSSR count). The van der Waals surface area contributed by atoms with Gasteiger partial charge >= 0.3 is 0 Å². The molecule has 124 valence electrons. The molecule has 0 spiro atoms. The zero-order valence-electron chi connectivity index (χ0n) is 12.7. The zero-order chi connectivity index (χ0) is 17.0. The van der Waals surface area contributed by atoms with Crippen molar-refractivity contribution in [2.75, 3.05) is 12.9 Å². The van der Waals surface area contributed by atoms with Crippen LogP contribution in [-0.2, 0) is 0 Å². The fourth-order valence-corrected chi connectivity index (χ4v) is 2.68. The van der Waals surface area contributed by atoms with Crippen molar-refractivity contribution < 1.29 is 18.7 Å². The molecule has 1 aromatic heterocycles. The van der Waals surface area contributed by atoms with Gasteiger partial charge in [0.2, 0.25) is 0 Å². The molecule has 2 N–H and O–H groups in total. The Kier molecular flexibility index (Phi) is 5.73. The van der Waals surface area contributed by atoms with Crippen molar-refractivity contribution in [3.8, 4) is 5.69 Å². The summed E-state index contributed by atoms with van der Waals surface area (Å²) in [6, 6.07) is 2.88. The molecule has 0 radical (unpaired) electrons. The molecule has 5 nitrogen and oxygen atoms in total. The average Bonchev–Trinajstić information content (AvgIpc) is 2.98. The molecule has 23 heavy (non-hydrogen) atoms. The van der Waals surface area contributed by atoms with Gasteiger partial charge in [-0.2, -0.15) is 16.9 Å². The number of benzene rings is 1. The van der Waals surface area contributed by atoms with Gasteiger partial charge in [-0.25, -0.2) is 13.5 Å². The van der Waals surface area contributed by atoms with Gasteiger partial charge in [0, 0.05) is 23.6 Å². The fraction of sp³-hybridized carbons (Fsp3) is 0.333. The lowest BCUT2D eigenvalue weighted by atomic mass is 10.2. The van der Waals surface area contributed by atoms with Crippen LogP contribution >= 0.6 is 11.8 Å². The van der Waals surface area contributed by atoms with Crippen LogP contribution in [0.3, 0.4) is 0 Å². The molecule has 0 bridgehead atoms. The predicted octanol–water partition coefficient (Wildman–Crippen LogP) is 1.99. The van der Waals surface area contributed by atoms with Gasteiger partial charge in [0.1, 0.15) is 11.5 Å². The van der Waals surface area contributed by atoms with Gasteiger partial charge in [0.15, 0.2) is 5.82 Å². The minimum absolute atomic E-state index is 0.0517. The molecule has 2 atom stereocenters. The highest BCUT2D eigenvalue weighted by atomic mass is 32.2. The summed E-state index contributed by atoms with van der Waals surface area (Å²) in [5.74, 6) is -1.83. The van der Waals surface area contributed by atoms with Crippen LogP contribution in [0.15, 0.2) is 30.6 Å². The summed E-state index contributed by atoms with van der Waals surface area (Å²) < 4.78 is 27.8. The Labute approximate surface area is 136 Å². The molecule has 0 saturated carbocycles. The highest BCUT2D eigenvalue weighted by Gasteiger charge is 2.19. The van der Waals surface area contributed by atoms with E-state index in [4.69, 9.17) is 0 Å². The van der Waals surface area contributed by atoms with Gasteiger partial charge in [-0.3, -0.25) is 4.79 Å². The van der Waals surface area contributed by atoms with E-state index in [0.29, 0.717) is 0 Å². The third kappa shape index (κ3) is 4.08. The van der Waals surface area contributed by atoms with E-state index in [1.165, 1.54) is 34.9 Å². The van der Waals surface area contributed by atoms with Gasteiger partial charge in [-0.05, 0) is 25.3 Å². The summed E-state index contributed by atoms with van der Waals surface area (Å²) in [6.45, 7) is 1.74. The summed E-state index contributed by atoms with van der Waals surface area (Å²) in [5, 5.41) is 15.8. The Morgan fingerprint density at radius 2 is 2.22 bits per heavy atom. The molecule has 0 aliphatic heterocycles. The van der Waals surface area contributed by atoms with Crippen molar-refractivity contribution >= 4 is 17.7 Å². The Balaban J connectivity index is 2.14. The van der Waals surface area contributed by atoms with E-state index in [-0.39, 0.29) is 35.1 Å². The van der Waals surface area contributed by atoms with Crippen molar-refractivity contribution in [1.82, 2.24) is 15.1 Å². The lowest BCUT2D eigenvalue weighted by Gasteiger charge is -2.20. The van der Waals surface area contributed by atoms with Crippen LogP contribution in [0.1, 0.15) is 17.3 Å². The van der Waals surface area contributed by atoms with E-state index >= 15 is 0 Å². The number of aliphatic hydroxyl groups is 1. The first-order chi connectivity index (χ1) is 11.0. The van der Waals surface area contributed by atoms with Crippen molar-refractivity contribution in [1.29, 1.82) is 0 Å². The number of carbonyl (C=O) groups excluding carboxylic acids is 1. The summed E-state index contributed by atoms with van der Waals surface area (Å²) in [4.78, 5) is 12.2. The lowest BCUT2D eigenvalue weighted by molar-refractivity contribution is 0.0936. The third-order valence-corrected chi connectivity index (χ3v) is 4.56. The fourth-order valence-electron chi connectivity index (χ4n) is 2.06. The summed E-state index contributed by atoms with van der Waals surface area (Å²) in [5.41, 5.74) is 0.300. The number of nitrogens with zero attached hydrogens (tertiary/aromatic N) is 2. The monoisotopic (exact) mass is 341 g/mol. The number of hydrogen-bond acceptors (Lipinski definition) is 4. The van der Waals surface area contributed by atoms with Crippen LogP contribution in [0.5, 0.6) is 0 Å². The van der Waals surface area contributed by atoms with Gasteiger partial charge in [-0.15, -0.1) is 0 Å². The minimum Gasteiger partial charge on any atom is -0.395 e. The topological polar surface area (TPSA) is 67.2 Å². The van der Waals surface area contributed by atoms with E-state index in [0.717, 1.165) is 12.1 Å². The van der Waals surface area contributed by atoms with Crippen LogP contribution in [0.4, 0.5) is 8.78 Å². The first kappa shape index (κ1) is 17.4. The molecule has 1 amide bonds. The van der Waals surface area contributed by atoms with Crippen molar-refractivity contribution in [2.45, 2.75) is 18.2 Å². The molecule has 0 saturated heterocycles. The first-order valence-corrected chi connectivity index (χ1v) is 8.19. The van der Waals surface area contributed by atoms with Gasteiger partial charge in [0.05, 0.1) is 18.4 Å². The van der Waals surface area contributed by atoms with Crippen LogP contribution in [-0.4, -0.2) is 44.9 Å². The van der Waals surface area contributed by atoms with E-state index in [2.05, 4.69) is 10.4 Å². The van der Waals surface area contributed by atoms with E-state index in [1.807, 2.05) is 6.26 Å². The number of aromatic nitrogens is 2. The number of thioether (sulfide) groups is 1. The normalized spacial score (nSPS) is 13.6. The first-order valence-electron chi connectivity index (χ1n) is 6.91. The van der Waals surface area contributed by atoms with Crippen LogP contribution in [0.2, 0.25) is 0 Å². The number of aliphatic hydroxyl groups excluding tert-OH is 1. The molecule has 1 heterocycles. The largest absolute Gasteiger partial charge is 0.395 e. The molecule has 2 aromatic rings. The second-order valence-corrected chi connectivity index (χ2v) is 6.07. The van der Waals surface area contributed by atoms with Gasteiger partial charge in [-0.1, -0.05) is 0 Å². The van der Waals surface area contributed by atoms with Gasteiger partial charge in [0.25, 0.3) is 5.91 Å². The quantitative estimate of drug-likeness (QED) is 0.843. The highest BCUT2D eigenvalue weighted by molar-refractivity contribution is 7.99. The number of hydrogen-bond donors (Lipinski definition) is 2. The smallest absolute Gasteiger partial charge is 0.254 e. The summed E-state index contributed by atoms with van der Waals surface area (Å²) >= 11 is 1.45. The summed E-state index contributed by atoms with van der Waals surface area (Å²) in [6.07, 6.45) is 4.52.